The molecule has 0 aliphatic rings. The lowest BCUT2D eigenvalue weighted by Crippen LogP contribution is -2.23. The van der Waals surface area contributed by atoms with Gasteiger partial charge in [-0.15, -0.1) is 0 Å². The molecule has 1 aromatic carbocycles. The molecule has 0 bridgehead atoms. The average Bonchev–Trinajstić information content (AvgIpc) is 2.15. The van der Waals surface area contributed by atoms with Crippen LogP contribution in [0.4, 0.5) is 0 Å². The smallest absolute Gasteiger partial charge is 0.235 e. The van der Waals surface area contributed by atoms with Crippen molar-refractivity contribution in [3.8, 4) is 6.07 Å². The van der Waals surface area contributed by atoms with Gasteiger partial charge in [-0.3, -0.25) is 4.79 Å². The third-order valence-corrected chi connectivity index (χ3v) is 1.78. The fourth-order valence-electron chi connectivity index (χ4n) is 1.06. The maximum absolute atomic E-state index is 10.7. The molecular weight excluding hydrogens is 164 g/mol. The van der Waals surface area contributed by atoms with E-state index >= 15 is 0 Å². The summed E-state index contributed by atoms with van der Waals surface area (Å²) >= 11 is 0. The molecular formula is C10H10N2O. The lowest BCUT2D eigenvalue weighted by molar-refractivity contribution is -0.120. The largest absolute Gasteiger partial charge is 0.369 e. The van der Waals surface area contributed by atoms with Gasteiger partial charge in [0.2, 0.25) is 5.91 Å². The molecule has 0 radical (unpaired) electrons. The first kappa shape index (κ1) is 9.27. The van der Waals surface area contributed by atoms with Crippen LogP contribution in [0.5, 0.6) is 0 Å². The van der Waals surface area contributed by atoms with E-state index in [1.165, 1.54) is 0 Å². The van der Waals surface area contributed by atoms with Gasteiger partial charge in [-0.25, -0.2) is 0 Å². The zero-order valence-corrected chi connectivity index (χ0v) is 7.10. The monoisotopic (exact) mass is 174 g/mol. The molecule has 0 aliphatic carbocycles. The van der Waals surface area contributed by atoms with Gasteiger partial charge in [0.05, 0.1) is 6.07 Å². The number of benzene rings is 1. The zero-order chi connectivity index (χ0) is 9.68. The maximum atomic E-state index is 10.7. The Labute approximate surface area is 76.8 Å². The van der Waals surface area contributed by atoms with E-state index in [0.29, 0.717) is 6.42 Å². The van der Waals surface area contributed by atoms with E-state index in [4.69, 9.17) is 11.0 Å². The summed E-state index contributed by atoms with van der Waals surface area (Å²) in [4.78, 5) is 10.7. The molecule has 0 heterocycles. The number of primary amides is 1. The van der Waals surface area contributed by atoms with Crippen LogP contribution in [-0.4, -0.2) is 5.91 Å². The van der Waals surface area contributed by atoms with Crippen LogP contribution in [0.2, 0.25) is 0 Å². The minimum atomic E-state index is -0.720. The molecule has 0 saturated heterocycles. The Bertz CT molecular complexity index is 327. The van der Waals surface area contributed by atoms with E-state index in [1.54, 1.807) is 0 Å². The standard InChI is InChI=1S/C10H10N2O/c11-7-9(10(12)13)6-8-4-2-1-3-5-8/h1-5,9H,6H2,(H2,12,13)/t9-/m1/s1. The molecule has 2 N–H and O–H groups in total. The fraction of sp³-hybridized carbons (Fsp3) is 0.200. The predicted octanol–water partition coefficient (Wildman–Crippen LogP) is 0.854. The van der Waals surface area contributed by atoms with Crippen molar-refractivity contribution in [1.82, 2.24) is 0 Å². The van der Waals surface area contributed by atoms with Crippen molar-refractivity contribution in [2.24, 2.45) is 11.7 Å². The molecule has 1 amide bonds. The van der Waals surface area contributed by atoms with Gasteiger partial charge in [0.15, 0.2) is 0 Å². The molecule has 0 spiro atoms. The van der Waals surface area contributed by atoms with Gasteiger partial charge in [-0.2, -0.15) is 5.26 Å². The Kier molecular flexibility index (Phi) is 3.04. The average molecular weight is 174 g/mol. The quantitative estimate of drug-likeness (QED) is 0.738. The number of amides is 1. The van der Waals surface area contributed by atoms with Crippen molar-refractivity contribution in [3.63, 3.8) is 0 Å². The molecule has 1 rings (SSSR count). The van der Waals surface area contributed by atoms with Gasteiger partial charge < -0.3 is 5.73 Å². The molecule has 1 aromatic rings. The highest BCUT2D eigenvalue weighted by atomic mass is 16.1. The number of nitrogens with two attached hydrogens (primary N) is 1. The van der Waals surface area contributed by atoms with Crippen LogP contribution in [0.25, 0.3) is 0 Å². The number of carbonyl (C=O) groups is 1. The third-order valence-electron chi connectivity index (χ3n) is 1.78. The lowest BCUT2D eigenvalue weighted by Gasteiger charge is -2.03. The number of carbonyl (C=O) groups excluding carboxylic acids is 1. The Morgan fingerprint density at radius 3 is 2.54 bits per heavy atom. The Balaban J connectivity index is 2.69. The summed E-state index contributed by atoms with van der Waals surface area (Å²) in [5.41, 5.74) is 5.99. The van der Waals surface area contributed by atoms with Crippen molar-refractivity contribution >= 4 is 5.91 Å². The normalized spacial score (nSPS) is 11.6. The van der Waals surface area contributed by atoms with Gasteiger partial charge >= 0.3 is 0 Å². The van der Waals surface area contributed by atoms with E-state index in [-0.39, 0.29) is 0 Å². The number of hydrogen-bond acceptors (Lipinski definition) is 2. The first-order valence-electron chi connectivity index (χ1n) is 3.97. The SMILES string of the molecule is N#C[C@@H](Cc1ccccc1)C(N)=O. The fourth-order valence-corrected chi connectivity index (χ4v) is 1.06. The molecule has 0 fully saturated rings. The van der Waals surface area contributed by atoms with E-state index in [9.17, 15) is 4.79 Å². The Morgan fingerprint density at radius 2 is 2.08 bits per heavy atom. The minimum absolute atomic E-state index is 0.396. The molecule has 0 unspecified atom stereocenters. The van der Waals surface area contributed by atoms with Crippen LogP contribution in [0.1, 0.15) is 5.56 Å². The Hall–Kier alpha value is -1.82. The minimum Gasteiger partial charge on any atom is -0.369 e. The lowest BCUT2D eigenvalue weighted by atomic mass is 10.0. The summed E-state index contributed by atoms with van der Waals surface area (Å²) in [6.07, 6.45) is 0.396. The molecule has 13 heavy (non-hydrogen) atoms. The zero-order valence-electron chi connectivity index (χ0n) is 7.10. The van der Waals surface area contributed by atoms with Crippen molar-refractivity contribution in [1.29, 1.82) is 5.26 Å². The summed E-state index contributed by atoms with van der Waals surface area (Å²) in [7, 11) is 0. The van der Waals surface area contributed by atoms with Crippen LogP contribution >= 0.6 is 0 Å². The summed E-state index contributed by atoms with van der Waals surface area (Å²) in [6.45, 7) is 0. The molecule has 3 nitrogen and oxygen atoms in total. The predicted molar refractivity (Wildman–Crippen MR) is 48.4 cm³/mol. The number of nitrogens with zero attached hydrogens (tertiary/aromatic N) is 1. The highest BCUT2D eigenvalue weighted by Crippen LogP contribution is 2.06. The molecule has 0 aromatic heterocycles. The number of hydrogen-bond donors (Lipinski definition) is 1. The van der Waals surface area contributed by atoms with Crippen molar-refractivity contribution < 1.29 is 4.79 Å². The molecule has 1 atom stereocenters. The van der Waals surface area contributed by atoms with Gasteiger partial charge in [0.25, 0.3) is 0 Å². The van der Waals surface area contributed by atoms with Crippen LogP contribution in [0, 0.1) is 17.2 Å². The van der Waals surface area contributed by atoms with Crippen LogP contribution < -0.4 is 5.73 Å². The second kappa shape index (κ2) is 4.27. The highest BCUT2D eigenvalue weighted by Gasteiger charge is 2.13. The number of rotatable bonds is 3. The Morgan fingerprint density at radius 1 is 1.46 bits per heavy atom. The second-order valence-electron chi connectivity index (χ2n) is 2.77. The summed E-state index contributed by atoms with van der Waals surface area (Å²) < 4.78 is 0. The molecule has 66 valence electrons. The summed E-state index contributed by atoms with van der Waals surface area (Å²) in [5.74, 6) is -1.28. The summed E-state index contributed by atoms with van der Waals surface area (Å²) in [5, 5.41) is 8.61. The highest BCUT2D eigenvalue weighted by molar-refractivity contribution is 5.79. The number of nitriles is 1. The van der Waals surface area contributed by atoms with E-state index in [2.05, 4.69) is 0 Å². The molecule has 0 aliphatic heterocycles. The van der Waals surface area contributed by atoms with E-state index in [0.717, 1.165) is 5.56 Å². The van der Waals surface area contributed by atoms with Crippen LogP contribution in [0.3, 0.4) is 0 Å². The van der Waals surface area contributed by atoms with Crippen molar-refractivity contribution in [3.05, 3.63) is 35.9 Å². The third kappa shape index (κ3) is 2.60. The van der Waals surface area contributed by atoms with Gasteiger partial charge in [0.1, 0.15) is 5.92 Å². The molecule has 3 heteroatoms. The van der Waals surface area contributed by atoms with E-state index in [1.807, 2.05) is 36.4 Å². The van der Waals surface area contributed by atoms with Crippen molar-refractivity contribution in [2.75, 3.05) is 0 Å². The maximum Gasteiger partial charge on any atom is 0.235 e. The topological polar surface area (TPSA) is 66.9 Å². The molecule has 0 saturated carbocycles. The summed E-state index contributed by atoms with van der Waals surface area (Å²) in [6, 6.07) is 11.2. The van der Waals surface area contributed by atoms with Crippen LogP contribution in [-0.2, 0) is 11.2 Å². The van der Waals surface area contributed by atoms with Gasteiger partial charge in [-0.1, -0.05) is 30.3 Å². The van der Waals surface area contributed by atoms with Gasteiger partial charge in [-0.05, 0) is 12.0 Å². The first-order valence-corrected chi connectivity index (χ1v) is 3.97. The van der Waals surface area contributed by atoms with Crippen molar-refractivity contribution in [2.45, 2.75) is 6.42 Å². The second-order valence-corrected chi connectivity index (χ2v) is 2.77. The van der Waals surface area contributed by atoms with Gasteiger partial charge in [0, 0.05) is 0 Å². The van der Waals surface area contributed by atoms with Crippen LogP contribution in [0.15, 0.2) is 30.3 Å². The van der Waals surface area contributed by atoms with E-state index < -0.39 is 11.8 Å². The first-order chi connectivity index (χ1) is 6.24.